The van der Waals surface area contributed by atoms with Gasteiger partial charge in [-0.1, -0.05) is 30.3 Å². The molecule has 0 aliphatic carbocycles. The molecule has 1 aromatic rings. The van der Waals surface area contributed by atoms with Crippen molar-refractivity contribution >= 4 is 9.84 Å². The van der Waals surface area contributed by atoms with E-state index in [1.54, 1.807) is 6.92 Å². The Hall–Kier alpha value is -0.870. The van der Waals surface area contributed by atoms with Crippen LogP contribution in [0, 0.1) is 0 Å². The Balaban J connectivity index is 2.55. The first-order valence-electron chi connectivity index (χ1n) is 5.52. The summed E-state index contributed by atoms with van der Waals surface area (Å²) in [5, 5.41) is -0.332. The van der Waals surface area contributed by atoms with E-state index < -0.39 is 9.84 Å². The van der Waals surface area contributed by atoms with Crippen LogP contribution in [0.3, 0.4) is 0 Å². The van der Waals surface area contributed by atoms with Crippen LogP contribution >= 0.6 is 0 Å². The van der Waals surface area contributed by atoms with Crippen LogP contribution in [0.5, 0.6) is 0 Å². The van der Waals surface area contributed by atoms with Crippen LogP contribution < -0.4 is 5.73 Å². The van der Waals surface area contributed by atoms with Crippen molar-refractivity contribution in [1.29, 1.82) is 0 Å². The Kier molecular flexibility index (Phi) is 4.96. The lowest BCUT2D eigenvalue weighted by atomic mass is 10.2. The number of hydrogen-bond acceptors (Lipinski definition) is 3. The van der Waals surface area contributed by atoms with Gasteiger partial charge in [0, 0.05) is 0 Å². The minimum Gasteiger partial charge on any atom is -0.330 e. The predicted molar refractivity (Wildman–Crippen MR) is 67.1 cm³/mol. The average Bonchev–Trinajstić information content (AvgIpc) is 2.28. The van der Waals surface area contributed by atoms with Crippen molar-refractivity contribution in [3.8, 4) is 0 Å². The molecule has 4 heteroatoms. The molecular formula is C12H19NO2S. The summed E-state index contributed by atoms with van der Waals surface area (Å²) >= 11 is 0. The molecule has 0 heterocycles. The highest BCUT2D eigenvalue weighted by atomic mass is 32.2. The topological polar surface area (TPSA) is 60.2 Å². The van der Waals surface area contributed by atoms with E-state index in [4.69, 9.17) is 5.73 Å². The zero-order valence-corrected chi connectivity index (χ0v) is 10.4. The maximum Gasteiger partial charge on any atom is 0.153 e. The summed E-state index contributed by atoms with van der Waals surface area (Å²) in [6, 6.07) is 9.66. The maximum atomic E-state index is 11.8. The van der Waals surface area contributed by atoms with Gasteiger partial charge in [-0.15, -0.1) is 0 Å². The van der Waals surface area contributed by atoms with Gasteiger partial charge >= 0.3 is 0 Å². The average molecular weight is 241 g/mol. The lowest BCUT2D eigenvalue weighted by Gasteiger charge is -2.11. The molecule has 0 bridgehead atoms. The highest BCUT2D eigenvalue weighted by molar-refractivity contribution is 7.92. The van der Waals surface area contributed by atoms with Crippen molar-refractivity contribution in [3.63, 3.8) is 0 Å². The van der Waals surface area contributed by atoms with Crippen LogP contribution in [0.25, 0.3) is 0 Å². The molecule has 0 spiro atoms. The SMILES string of the molecule is CC(CCN)S(=O)(=O)CCc1ccccc1. The minimum atomic E-state index is -3.00. The second-order valence-electron chi connectivity index (χ2n) is 3.99. The van der Waals surface area contributed by atoms with Crippen LogP contribution in [0.2, 0.25) is 0 Å². The van der Waals surface area contributed by atoms with Gasteiger partial charge in [0.1, 0.15) is 0 Å². The molecule has 1 aromatic carbocycles. The highest BCUT2D eigenvalue weighted by Crippen LogP contribution is 2.09. The second kappa shape index (κ2) is 6.01. The third-order valence-electron chi connectivity index (χ3n) is 2.70. The number of nitrogens with two attached hydrogens (primary N) is 1. The quantitative estimate of drug-likeness (QED) is 0.818. The smallest absolute Gasteiger partial charge is 0.153 e. The molecule has 2 N–H and O–H groups in total. The Morgan fingerprint density at radius 2 is 1.88 bits per heavy atom. The molecule has 0 aliphatic heterocycles. The van der Waals surface area contributed by atoms with Gasteiger partial charge in [0.05, 0.1) is 11.0 Å². The molecule has 0 aliphatic rings. The monoisotopic (exact) mass is 241 g/mol. The summed E-state index contributed by atoms with van der Waals surface area (Å²) in [6.07, 6.45) is 1.12. The highest BCUT2D eigenvalue weighted by Gasteiger charge is 2.19. The van der Waals surface area contributed by atoms with E-state index in [0.29, 0.717) is 19.4 Å². The maximum absolute atomic E-state index is 11.8. The molecule has 1 atom stereocenters. The van der Waals surface area contributed by atoms with Gasteiger partial charge in [-0.2, -0.15) is 0 Å². The molecule has 0 amide bonds. The first-order chi connectivity index (χ1) is 7.56. The summed E-state index contributed by atoms with van der Waals surface area (Å²) in [4.78, 5) is 0. The van der Waals surface area contributed by atoms with Gasteiger partial charge < -0.3 is 5.73 Å². The van der Waals surface area contributed by atoms with E-state index in [1.807, 2.05) is 30.3 Å². The van der Waals surface area contributed by atoms with Crippen molar-refractivity contribution < 1.29 is 8.42 Å². The molecule has 1 unspecified atom stereocenters. The van der Waals surface area contributed by atoms with E-state index in [1.165, 1.54) is 0 Å². The molecule has 0 saturated heterocycles. The third-order valence-corrected chi connectivity index (χ3v) is 4.94. The van der Waals surface area contributed by atoms with Gasteiger partial charge in [0.15, 0.2) is 9.84 Å². The lowest BCUT2D eigenvalue weighted by Crippen LogP contribution is -2.24. The third kappa shape index (κ3) is 3.94. The molecule has 0 aromatic heterocycles. The number of rotatable bonds is 6. The Morgan fingerprint density at radius 1 is 1.25 bits per heavy atom. The summed E-state index contributed by atoms with van der Waals surface area (Å²) in [5.41, 5.74) is 6.43. The summed E-state index contributed by atoms with van der Waals surface area (Å²) < 4.78 is 23.7. The number of sulfone groups is 1. The minimum absolute atomic E-state index is 0.207. The molecule has 16 heavy (non-hydrogen) atoms. The Labute approximate surface area is 97.6 Å². The molecule has 0 fully saturated rings. The molecule has 3 nitrogen and oxygen atoms in total. The summed E-state index contributed by atoms with van der Waals surface area (Å²) in [5.74, 6) is 0.207. The van der Waals surface area contributed by atoms with Crippen molar-refractivity contribution in [2.24, 2.45) is 5.73 Å². The fourth-order valence-electron chi connectivity index (χ4n) is 1.52. The van der Waals surface area contributed by atoms with E-state index in [2.05, 4.69) is 0 Å². The Morgan fingerprint density at radius 3 is 2.44 bits per heavy atom. The van der Waals surface area contributed by atoms with Gasteiger partial charge in [-0.25, -0.2) is 8.42 Å². The number of aryl methyl sites for hydroxylation is 1. The van der Waals surface area contributed by atoms with Crippen molar-refractivity contribution in [2.45, 2.75) is 25.0 Å². The lowest BCUT2D eigenvalue weighted by molar-refractivity contribution is 0.577. The summed E-state index contributed by atoms with van der Waals surface area (Å²) in [6.45, 7) is 2.15. The van der Waals surface area contributed by atoms with Gasteiger partial charge in [0.2, 0.25) is 0 Å². The first-order valence-corrected chi connectivity index (χ1v) is 7.23. The van der Waals surface area contributed by atoms with E-state index in [0.717, 1.165) is 5.56 Å². The van der Waals surface area contributed by atoms with E-state index in [9.17, 15) is 8.42 Å². The van der Waals surface area contributed by atoms with Crippen LogP contribution in [0.15, 0.2) is 30.3 Å². The summed E-state index contributed by atoms with van der Waals surface area (Å²) in [7, 11) is -3.00. The fraction of sp³-hybridized carbons (Fsp3) is 0.500. The first kappa shape index (κ1) is 13.2. The van der Waals surface area contributed by atoms with Crippen LogP contribution in [0.1, 0.15) is 18.9 Å². The zero-order valence-electron chi connectivity index (χ0n) is 9.59. The zero-order chi connectivity index (χ0) is 12.0. The standard InChI is InChI=1S/C12H19NO2S/c1-11(7-9-13)16(14,15)10-8-12-5-3-2-4-6-12/h2-6,11H,7-10,13H2,1H3. The van der Waals surface area contributed by atoms with E-state index >= 15 is 0 Å². The molecule has 0 saturated carbocycles. The number of hydrogen-bond donors (Lipinski definition) is 1. The molecule has 1 rings (SSSR count). The van der Waals surface area contributed by atoms with Gasteiger partial charge in [-0.05, 0) is 31.9 Å². The van der Waals surface area contributed by atoms with Crippen LogP contribution in [-0.4, -0.2) is 26.0 Å². The molecular weight excluding hydrogens is 222 g/mol. The number of benzene rings is 1. The predicted octanol–water partition coefficient (Wildman–Crippen LogP) is 1.38. The fourth-order valence-corrected chi connectivity index (χ4v) is 2.94. The van der Waals surface area contributed by atoms with Crippen molar-refractivity contribution in [3.05, 3.63) is 35.9 Å². The van der Waals surface area contributed by atoms with Crippen LogP contribution in [-0.2, 0) is 16.3 Å². The van der Waals surface area contributed by atoms with E-state index in [-0.39, 0.29) is 11.0 Å². The van der Waals surface area contributed by atoms with Crippen molar-refractivity contribution in [1.82, 2.24) is 0 Å². The Bertz CT molecular complexity index is 400. The molecule has 0 radical (unpaired) electrons. The normalized spacial score (nSPS) is 13.6. The van der Waals surface area contributed by atoms with Crippen LogP contribution in [0.4, 0.5) is 0 Å². The van der Waals surface area contributed by atoms with Crippen molar-refractivity contribution in [2.75, 3.05) is 12.3 Å². The van der Waals surface area contributed by atoms with Gasteiger partial charge in [0.25, 0.3) is 0 Å². The second-order valence-corrected chi connectivity index (χ2v) is 6.53. The van der Waals surface area contributed by atoms with Gasteiger partial charge in [-0.3, -0.25) is 0 Å². The molecule has 90 valence electrons. The largest absolute Gasteiger partial charge is 0.330 e.